The zero-order valence-electron chi connectivity index (χ0n) is 9.54. The van der Waals surface area contributed by atoms with Crippen molar-refractivity contribution in [3.8, 4) is 0 Å². The minimum absolute atomic E-state index is 0.000175. The Bertz CT molecular complexity index is 468. The first-order chi connectivity index (χ1) is 8.40. The number of urea groups is 1. The van der Waals surface area contributed by atoms with Crippen molar-refractivity contribution >= 4 is 33.6 Å². The normalized spacial score (nSPS) is 11.7. The molecule has 0 aliphatic rings. The average molecular weight is 319 g/mol. The first kappa shape index (κ1) is 14.4. The molecule has 0 aliphatic carbocycles. The quantitative estimate of drug-likeness (QED) is 0.797. The summed E-state index contributed by atoms with van der Waals surface area (Å²) in [5, 5.41) is 13.4. The second-order valence-electron chi connectivity index (χ2n) is 3.70. The molecule has 0 spiro atoms. The number of carboxylic acid groups (broad SMARTS) is 1. The Morgan fingerprint density at radius 1 is 1.50 bits per heavy atom. The van der Waals surface area contributed by atoms with Gasteiger partial charge in [0.15, 0.2) is 0 Å². The van der Waals surface area contributed by atoms with E-state index in [0.29, 0.717) is 4.47 Å². The fourth-order valence-electron chi connectivity index (χ4n) is 1.08. The number of hydrogen-bond donors (Lipinski definition) is 3. The lowest BCUT2D eigenvalue weighted by atomic mass is 10.2. The summed E-state index contributed by atoms with van der Waals surface area (Å²) in [6, 6.07) is 3.56. The van der Waals surface area contributed by atoms with Gasteiger partial charge in [0.1, 0.15) is 5.82 Å². The van der Waals surface area contributed by atoms with E-state index >= 15 is 0 Å². The number of anilines is 1. The minimum atomic E-state index is -0.995. The molecule has 0 heterocycles. The summed E-state index contributed by atoms with van der Waals surface area (Å²) in [7, 11) is 0. The molecule has 1 unspecified atom stereocenters. The molecule has 0 saturated carbocycles. The molecule has 7 heteroatoms. The van der Waals surface area contributed by atoms with E-state index in [1.54, 1.807) is 0 Å². The van der Waals surface area contributed by atoms with Crippen LogP contribution in [0.5, 0.6) is 0 Å². The number of carbonyl (C=O) groups excluding carboxylic acids is 1. The zero-order chi connectivity index (χ0) is 13.7. The van der Waals surface area contributed by atoms with E-state index < -0.39 is 23.7 Å². The molecule has 1 atom stereocenters. The van der Waals surface area contributed by atoms with Crippen molar-refractivity contribution in [1.29, 1.82) is 0 Å². The summed E-state index contributed by atoms with van der Waals surface area (Å²) < 4.78 is 13.5. The molecule has 1 aromatic carbocycles. The third-order valence-corrected chi connectivity index (χ3v) is 2.81. The maximum absolute atomic E-state index is 13.2. The Morgan fingerprint density at radius 3 is 2.72 bits per heavy atom. The van der Waals surface area contributed by atoms with Crippen LogP contribution >= 0.6 is 15.9 Å². The molecule has 3 N–H and O–H groups in total. The number of aliphatic carboxylic acids is 1. The van der Waals surface area contributed by atoms with Crippen molar-refractivity contribution in [3.05, 3.63) is 28.5 Å². The molecule has 1 aromatic rings. The van der Waals surface area contributed by atoms with Gasteiger partial charge in [-0.3, -0.25) is 4.79 Å². The number of hydrogen-bond acceptors (Lipinski definition) is 2. The fourth-order valence-corrected chi connectivity index (χ4v) is 1.33. The molecule has 18 heavy (non-hydrogen) atoms. The number of carboxylic acids is 1. The van der Waals surface area contributed by atoms with Gasteiger partial charge in [0.25, 0.3) is 0 Å². The third-order valence-electron chi connectivity index (χ3n) is 2.17. The smallest absolute Gasteiger partial charge is 0.319 e. The maximum atomic E-state index is 13.2. The molecule has 0 radical (unpaired) electrons. The third kappa shape index (κ3) is 4.33. The van der Waals surface area contributed by atoms with Crippen LogP contribution < -0.4 is 10.6 Å². The van der Waals surface area contributed by atoms with Gasteiger partial charge in [0.2, 0.25) is 0 Å². The van der Waals surface area contributed by atoms with E-state index in [9.17, 15) is 14.0 Å². The van der Waals surface area contributed by atoms with E-state index in [-0.39, 0.29) is 12.2 Å². The lowest BCUT2D eigenvalue weighted by Gasteiger charge is -2.10. The highest BCUT2D eigenvalue weighted by atomic mass is 79.9. The highest BCUT2D eigenvalue weighted by Crippen LogP contribution is 2.19. The van der Waals surface area contributed by atoms with E-state index in [0.717, 1.165) is 6.07 Å². The average Bonchev–Trinajstić information content (AvgIpc) is 2.30. The van der Waals surface area contributed by atoms with Crippen LogP contribution in [0, 0.1) is 11.7 Å². The first-order valence-electron chi connectivity index (χ1n) is 5.13. The van der Waals surface area contributed by atoms with Gasteiger partial charge in [-0.2, -0.15) is 0 Å². The highest BCUT2D eigenvalue weighted by molar-refractivity contribution is 9.10. The second kappa shape index (κ2) is 6.34. The molecule has 0 saturated heterocycles. The van der Waals surface area contributed by atoms with Gasteiger partial charge in [-0.25, -0.2) is 9.18 Å². The van der Waals surface area contributed by atoms with Gasteiger partial charge in [-0.05, 0) is 34.1 Å². The van der Waals surface area contributed by atoms with Crippen molar-refractivity contribution in [3.63, 3.8) is 0 Å². The molecular formula is C11H12BrFN2O3. The second-order valence-corrected chi connectivity index (χ2v) is 4.56. The van der Waals surface area contributed by atoms with Crippen molar-refractivity contribution in [2.75, 3.05) is 11.9 Å². The van der Waals surface area contributed by atoms with Gasteiger partial charge in [-0.1, -0.05) is 6.92 Å². The van der Waals surface area contributed by atoms with Crippen LogP contribution in [0.25, 0.3) is 0 Å². The van der Waals surface area contributed by atoms with E-state index in [4.69, 9.17) is 5.11 Å². The summed E-state index contributed by atoms with van der Waals surface area (Å²) in [6.07, 6.45) is 0. The van der Waals surface area contributed by atoms with Crippen LogP contribution in [-0.4, -0.2) is 23.7 Å². The topological polar surface area (TPSA) is 78.4 Å². The van der Waals surface area contributed by atoms with Crippen LogP contribution in [0.15, 0.2) is 22.7 Å². The van der Waals surface area contributed by atoms with Crippen molar-refractivity contribution in [2.45, 2.75) is 6.92 Å². The number of benzene rings is 1. The van der Waals surface area contributed by atoms with Gasteiger partial charge in [-0.15, -0.1) is 0 Å². The van der Waals surface area contributed by atoms with E-state index in [1.807, 2.05) is 0 Å². The lowest BCUT2D eigenvalue weighted by molar-refractivity contribution is -0.140. The number of nitrogens with one attached hydrogen (secondary N) is 2. The largest absolute Gasteiger partial charge is 0.481 e. The standard InChI is InChI=1S/C11H12BrFN2O3/c1-6(10(16)17)5-14-11(18)15-7-2-3-8(12)9(13)4-7/h2-4,6H,5H2,1H3,(H,16,17)(H2,14,15,18). The Kier molecular flexibility index (Phi) is 5.08. The molecule has 0 bridgehead atoms. The summed E-state index contributed by atoms with van der Waals surface area (Å²) in [5.41, 5.74) is 0.288. The van der Waals surface area contributed by atoms with Crippen molar-refractivity contribution in [2.24, 2.45) is 5.92 Å². The van der Waals surface area contributed by atoms with E-state index in [1.165, 1.54) is 19.1 Å². The monoisotopic (exact) mass is 318 g/mol. The van der Waals surface area contributed by atoms with Crippen LogP contribution in [0.2, 0.25) is 0 Å². The van der Waals surface area contributed by atoms with Gasteiger partial charge in [0, 0.05) is 12.2 Å². The molecule has 0 aromatic heterocycles. The number of carbonyl (C=O) groups is 2. The molecule has 2 amide bonds. The summed E-state index contributed by atoms with van der Waals surface area (Å²) in [6.45, 7) is 1.47. The fraction of sp³-hybridized carbons (Fsp3) is 0.273. The summed E-state index contributed by atoms with van der Waals surface area (Å²) >= 11 is 2.99. The molecular weight excluding hydrogens is 307 g/mol. The van der Waals surface area contributed by atoms with Crippen molar-refractivity contribution in [1.82, 2.24) is 5.32 Å². The first-order valence-corrected chi connectivity index (χ1v) is 5.92. The minimum Gasteiger partial charge on any atom is -0.481 e. The Balaban J connectivity index is 2.49. The van der Waals surface area contributed by atoms with Crippen molar-refractivity contribution < 1.29 is 19.1 Å². The number of rotatable bonds is 4. The predicted octanol–water partition coefficient (Wildman–Crippen LogP) is 2.43. The zero-order valence-corrected chi connectivity index (χ0v) is 11.1. The number of halogens is 2. The number of amides is 2. The van der Waals surface area contributed by atoms with Gasteiger partial charge >= 0.3 is 12.0 Å². The van der Waals surface area contributed by atoms with Gasteiger partial charge in [0.05, 0.1) is 10.4 Å². The molecule has 98 valence electrons. The van der Waals surface area contributed by atoms with Gasteiger partial charge < -0.3 is 15.7 Å². The molecule has 0 aliphatic heterocycles. The highest BCUT2D eigenvalue weighted by Gasteiger charge is 2.12. The van der Waals surface area contributed by atoms with Crippen LogP contribution in [-0.2, 0) is 4.79 Å². The molecule has 0 fully saturated rings. The van der Waals surface area contributed by atoms with E-state index in [2.05, 4.69) is 26.6 Å². The van der Waals surface area contributed by atoms with Crippen LogP contribution in [0.3, 0.4) is 0 Å². The summed E-state index contributed by atoms with van der Waals surface area (Å²) in [5.74, 6) is -2.17. The molecule has 1 rings (SSSR count). The van der Waals surface area contributed by atoms with Crippen LogP contribution in [0.4, 0.5) is 14.9 Å². The van der Waals surface area contributed by atoms with Crippen LogP contribution in [0.1, 0.15) is 6.92 Å². The Hall–Kier alpha value is -1.63. The maximum Gasteiger partial charge on any atom is 0.319 e. The summed E-state index contributed by atoms with van der Waals surface area (Å²) in [4.78, 5) is 21.9. The lowest BCUT2D eigenvalue weighted by Crippen LogP contribution is -2.34. The Morgan fingerprint density at radius 2 is 2.17 bits per heavy atom. The predicted molar refractivity (Wildman–Crippen MR) is 67.9 cm³/mol. The molecule has 5 nitrogen and oxygen atoms in total. The SMILES string of the molecule is CC(CNC(=O)Nc1ccc(Br)c(F)c1)C(=O)O. The Labute approximate surface area is 112 Å².